The molecule has 2 atom stereocenters. The molecule has 7 heteroatoms. The lowest BCUT2D eigenvalue weighted by Gasteiger charge is -2.25. The highest BCUT2D eigenvalue weighted by Gasteiger charge is 2.37. The molecule has 1 aromatic carbocycles. The van der Waals surface area contributed by atoms with Crippen LogP contribution in [0, 0.1) is 5.41 Å². The minimum atomic E-state index is -4.34. The average Bonchev–Trinajstić information content (AvgIpc) is 2.86. The van der Waals surface area contributed by atoms with Crippen LogP contribution in [0.2, 0.25) is 0 Å². The van der Waals surface area contributed by atoms with Crippen molar-refractivity contribution < 1.29 is 18.0 Å². The fraction of sp³-hybridized carbons (Fsp3) is 0.533. The van der Waals surface area contributed by atoms with E-state index < -0.39 is 17.2 Å². The van der Waals surface area contributed by atoms with Crippen LogP contribution in [-0.4, -0.2) is 19.0 Å². The fourth-order valence-corrected chi connectivity index (χ4v) is 2.43. The van der Waals surface area contributed by atoms with Crippen LogP contribution in [0.25, 0.3) is 0 Å². The van der Waals surface area contributed by atoms with Gasteiger partial charge >= 0.3 is 6.18 Å². The third kappa shape index (κ3) is 4.14. The molecule has 1 saturated heterocycles. The second-order valence-corrected chi connectivity index (χ2v) is 5.80. The first-order chi connectivity index (χ1) is 9.72. The summed E-state index contributed by atoms with van der Waals surface area (Å²) >= 11 is 0. The van der Waals surface area contributed by atoms with E-state index in [2.05, 4.69) is 10.6 Å². The van der Waals surface area contributed by atoms with Gasteiger partial charge in [-0.05, 0) is 44.5 Å². The molecule has 1 fully saturated rings. The van der Waals surface area contributed by atoms with Crippen LogP contribution in [0.1, 0.15) is 37.4 Å². The molecule has 1 amide bonds. The van der Waals surface area contributed by atoms with Crippen LogP contribution >= 0.6 is 12.4 Å². The number of amides is 1. The van der Waals surface area contributed by atoms with Gasteiger partial charge in [0.15, 0.2) is 0 Å². The van der Waals surface area contributed by atoms with Gasteiger partial charge in [-0.2, -0.15) is 13.2 Å². The maximum atomic E-state index is 12.5. The molecule has 2 rings (SSSR count). The van der Waals surface area contributed by atoms with Crippen molar-refractivity contribution >= 4 is 18.3 Å². The molecular weight excluding hydrogens is 317 g/mol. The van der Waals surface area contributed by atoms with Gasteiger partial charge in [-0.1, -0.05) is 12.1 Å². The van der Waals surface area contributed by atoms with E-state index in [4.69, 9.17) is 0 Å². The summed E-state index contributed by atoms with van der Waals surface area (Å²) < 4.78 is 37.5. The molecule has 0 bridgehead atoms. The van der Waals surface area contributed by atoms with Crippen LogP contribution < -0.4 is 10.6 Å². The number of hydrogen-bond donors (Lipinski definition) is 2. The smallest absolute Gasteiger partial charge is 0.349 e. The molecule has 3 nitrogen and oxygen atoms in total. The standard InChI is InChI=1S/C15H19F3N2O.ClH/c1-10(20-13(21)14(2)7-8-19-9-14)11-3-5-12(6-4-11)15(16,17)18;/h3-6,10,19H,7-9H2,1-2H3,(H,20,21);1H. The van der Waals surface area contributed by atoms with Crippen molar-refractivity contribution in [3.05, 3.63) is 35.4 Å². The van der Waals surface area contributed by atoms with E-state index >= 15 is 0 Å². The summed E-state index contributed by atoms with van der Waals surface area (Å²) in [4.78, 5) is 12.2. The lowest BCUT2D eigenvalue weighted by molar-refractivity contribution is -0.137. The van der Waals surface area contributed by atoms with Crippen molar-refractivity contribution in [2.75, 3.05) is 13.1 Å². The zero-order valence-electron chi connectivity index (χ0n) is 12.5. The van der Waals surface area contributed by atoms with Crippen LogP contribution in [0.3, 0.4) is 0 Å². The number of nitrogens with one attached hydrogen (secondary N) is 2. The Hall–Kier alpha value is -1.27. The first-order valence-corrected chi connectivity index (χ1v) is 6.91. The van der Waals surface area contributed by atoms with Crippen molar-refractivity contribution in [3.63, 3.8) is 0 Å². The molecule has 0 radical (unpaired) electrons. The molecule has 0 saturated carbocycles. The maximum absolute atomic E-state index is 12.5. The largest absolute Gasteiger partial charge is 0.416 e. The molecular formula is C15H20ClF3N2O. The molecule has 1 aromatic rings. The number of alkyl halides is 3. The second-order valence-electron chi connectivity index (χ2n) is 5.80. The van der Waals surface area contributed by atoms with Crippen LogP contribution in [0.15, 0.2) is 24.3 Å². The lowest BCUT2D eigenvalue weighted by atomic mass is 9.88. The summed E-state index contributed by atoms with van der Waals surface area (Å²) in [6.07, 6.45) is -3.58. The normalized spacial score (nSPS) is 22.8. The van der Waals surface area contributed by atoms with E-state index in [1.54, 1.807) is 6.92 Å². The van der Waals surface area contributed by atoms with Gasteiger partial charge < -0.3 is 10.6 Å². The molecule has 0 spiro atoms. The van der Waals surface area contributed by atoms with Gasteiger partial charge in [-0.25, -0.2) is 0 Å². The Bertz CT molecular complexity index is 511. The van der Waals surface area contributed by atoms with E-state index in [9.17, 15) is 18.0 Å². The molecule has 0 aromatic heterocycles. The number of benzene rings is 1. The van der Waals surface area contributed by atoms with E-state index in [-0.39, 0.29) is 24.4 Å². The van der Waals surface area contributed by atoms with Crippen molar-refractivity contribution in [2.24, 2.45) is 5.41 Å². The van der Waals surface area contributed by atoms with Crippen LogP contribution in [0.4, 0.5) is 13.2 Å². The molecule has 22 heavy (non-hydrogen) atoms. The minimum Gasteiger partial charge on any atom is -0.349 e. The lowest BCUT2D eigenvalue weighted by Crippen LogP contribution is -2.41. The van der Waals surface area contributed by atoms with Gasteiger partial charge in [-0.3, -0.25) is 4.79 Å². The predicted octanol–water partition coefficient (Wildman–Crippen LogP) is 3.30. The van der Waals surface area contributed by atoms with Gasteiger partial charge in [0.05, 0.1) is 17.0 Å². The fourth-order valence-electron chi connectivity index (χ4n) is 2.43. The Balaban J connectivity index is 0.00000242. The number of carbonyl (C=O) groups excluding carboxylic acids is 1. The van der Waals surface area contributed by atoms with E-state index in [0.717, 1.165) is 25.1 Å². The van der Waals surface area contributed by atoms with E-state index in [1.165, 1.54) is 12.1 Å². The van der Waals surface area contributed by atoms with Gasteiger partial charge in [0, 0.05) is 6.54 Å². The monoisotopic (exact) mass is 336 g/mol. The molecule has 1 heterocycles. The second kappa shape index (κ2) is 6.87. The number of rotatable bonds is 3. The highest BCUT2D eigenvalue weighted by molar-refractivity contribution is 5.85. The molecule has 124 valence electrons. The quantitative estimate of drug-likeness (QED) is 0.889. The zero-order valence-corrected chi connectivity index (χ0v) is 13.3. The Morgan fingerprint density at radius 3 is 2.36 bits per heavy atom. The summed E-state index contributed by atoms with van der Waals surface area (Å²) in [6.45, 7) is 5.09. The summed E-state index contributed by atoms with van der Waals surface area (Å²) in [6, 6.07) is 4.57. The van der Waals surface area contributed by atoms with Gasteiger partial charge in [0.25, 0.3) is 0 Å². The van der Waals surface area contributed by atoms with Crippen LogP contribution in [-0.2, 0) is 11.0 Å². The number of hydrogen-bond acceptors (Lipinski definition) is 2. The number of carbonyl (C=O) groups is 1. The highest BCUT2D eigenvalue weighted by atomic mass is 35.5. The van der Waals surface area contributed by atoms with Crippen molar-refractivity contribution in [2.45, 2.75) is 32.5 Å². The predicted molar refractivity (Wildman–Crippen MR) is 80.8 cm³/mol. The molecule has 1 aliphatic rings. The SMILES string of the molecule is CC(NC(=O)C1(C)CCNC1)c1ccc(C(F)(F)F)cc1.Cl. The first kappa shape index (κ1) is 18.8. The minimum absolute atomic E-state index is 0. The Kier molecular flexibility index (Phi) is 5.87. The Morgan fingerprint density at radius 1 is 1.32 bits per heavy atom. The van der Waals surface area contributed by atoms with Crippen molar-refractivity contribution in [1.29, 1.82) is 0 Å². The average molecular weight is 337 g/mol. The Labute approximate surface area is 134 Å². The van der Waals surface area contributed by atoms with Crippen molar-refractivity contribution in [3.8, 4) is 0 Å². The topological polar surface area (TPSA) is 41.1 Å². The summed E-state index contributed by atoms with van der Waals surface area (Å²) in [5, 5.41) is 6.02. The third-order valence-corrected chi connectivity index (χ3v) is 4.00. The first-order valence-electron chi connectivity index (χ1n) is 6.91. The van der Waals surface area contributed by atoms with E-state index in [0.29, 0.717) is 12.1 Å². The van der Waals surface area contributed by atoms with Gasteiger partial charge in [-0.15, -0.1) is 12.4 Å². The summed E-state index contributed by atoms with van der Waals surface area (Å²) in [7, 11) is 0. The molecule has 2 unspecified atom stereocenters. The Morgan fingerprint density at radius 2 is 1.91 bits per heavy atom. The van der Waals surface area contributed by atoms with E-state index in [1.807, 2.05) is 6.92 Å². The van der Waals surface area contributed by atoms with Crippen LogP contribution in [0.5, 0.6) is 0 Å². The maximum Gasteiger partial charge on any atom is 0.416 e. The summed E-state index contributed by atoms with van der Waals surface area (Å²) in [5.41, 5.74) is -0.470. The van der Waals surface area contributed by atoms with Gasteiger partial charge in [0.2, 0.25) is 5.91 Å². The highest BCUT2D eigenvalue weighted by Crippen LogP contribution is 2.30. The number of halogens is 4. The van der Waals surface area contributed by atoms with Crippen molar-refractivity contribution in [1.82, 2.24) is 10.6 Å². The zero-order chi connectivity index (χ0) is 15.7. The van der Waals surface area contributed by atoms with Gasteiger partial charge in [0.1, 0.15) is 0 Å². The molecule has 1 aliphatic heterocycles. The molecule has 2 N–H and O–H groups in total. The third-order valence-electron chi connectivity index (χ3n) is 4.00. The summed E-state index contributed by atoms with van der Waals surface area (Å²) in [5.74, 6) is -0.0695. The molecule has 0 aliphatic carbocycles.